The van der Waals surface area contributed by atoms with E-state index in [1.807, 2.05) is 13.8 Å². The summed E-state index contributed by atoms with van der Waals surface area (Å²) in [5, 5.41) is 4.46. The number of rotatable bonds is 3. The van der Waals surface area contributed by atoms with E-state index < -0.39 is 5.54 Å². The van der Waals surface area contributed by atoms with E-state index in [0.717, 1.165) is 25.9 Å². The number of carbonyl (C=O) groups excluding carboxylic acids is 1. The minimum atomic E-state index is -0.506. The van der Waals surface area contributed by atoms with Gasteiger partial charge in [-0.3, -0.25) is 14.4 Å². The van der Waals surface area contributed by atoms with E-state index in [2.05, 4.69) is 10.00 Å². The van der Waals surface area contributed by atoms with Crippen LogP contribution in [0.15, 0.2) is 6.20 Å². The summed E-state index contributed by atoms with van der Waals surface area (Å²) in [7, 11) is 1.75. The lowest BCUT2D eigenvalue weighted by atomic mass is 9.94. The van der Waals surface area contributed by atoms with Gasteiger partial charge in [-0.25, -0.2) is 0 Å². The molecule has 5 heteroatoms. The first kappa shape index (κ1) is 12.6. The van der Waals surface area contributed by atoms with E-state index in [1.165, 1.54) is 6.20 Å². The number of halogens is 1. The van der Waals surface area contributed by atoms with Gasteiger partial charge in [-0.2, -0.15) is 5.10 Å². The van der Waals surface area contributed by atoms with Gasteiger partial charge in [0.2, 0.25) is 5.78 Å². The van der Waals surface area contributed by atoms with Crippen LogP contribution in [0.2, 0.25) is 5.02 Å². The number of carbonyl (C=O) groups is 1. The quantitative estimate of drug-likeness (QED) is 0.777. The lowest BCUT2D eigenvalue weighted by Crippen LogP contribution is -2.49. The van der Waals surface area contributed by atoms with Crippen LogP contribution in [0.5, 0.6) is 0 Å². The van der Waals surface area contributed by atoms with Crippen molar-refractivity contribution in [3.63, 3.8) is 0 Å². The summed E-state index contributed by atoms with van der Waals surface area (Å²) in [4.78, 5) is 14.8. The molecule has 94 valence electrons. The van der Waals surface area contributed by atoms with E-state index in [0.29, 0.717) is 10.7 Å². The van der Waals surface area contributed by atoms with Gasteiger partial charge in [0.1, 0.15) is 5.69 Å². The Kier molecular flexibility index (Phi) is 3.27. The molecule has 0 saturated carbocycles. The van der Waals surface area contributed by atoms with Crippen molar-refractivity contribution >= 4 is 17.4 Å². The Morgan fingerprint density at radius 2 is 2.00 bits per heavy atom. The van der Waals surface area contributed by atoms with Crippen LogP contribution < -0.4 is 0 Å². The van der Waals surface area contributed by atoms with Crippen LogP contribution in [0.3, 0.4) is 0 Å². The van der Waals surface area contributed by atoms with Crippen LogP contribution in [0.4, 0.5) is 0 Å². The Morgan fingerprint density at radius 3 is 2.47 bits per heavy atom. The fourth-order valence-electron chi connectivity index (χ4n) is 2.38. The lowest BCUT2D eigenvalue weighted by molar-refractivity contribution is 0.0692. The van der Waals surface area contributed by atoms with Crippen molar-refractivity contribution in [2.45, 2.75) is 32.2 Å². The van der Waals surface area contributed by atoms with Gasteiger partial charge in [-0.15, -0.1) is 0 Å². The van der Waals surface area contributed by atoms with Crippen molar-refractivity contribution in [1.29, 1.82) is 0 Å². The molecule has 1 aromatic rings. The molecule has 0 aromatic carbocycles. The van der Waals surface area contributed by atoms with E-state index in [4.69, 9.17) is 11.6 Å². The number of likely N-dealkylation sites (tertiary alicyclic amines) is 1. The van der Waals surface area contributed by atoms with Gasteiger partial charge in [0.05, 0.1) is 16.8 Å². The fraction of sp³-hybridized carbons (Fsp3) is 0.667. The van der Waals surface area contributed by atoms with Crippen LogP contribution in [0.1, 0.15) is 37.2 Å². The summed E-state index contributed by atoms with van der Waals surface area (Å²) in [6, 6.07) is 0. The van der Waals surface area contributed by atoms with E-state index in [1.54, 1.807) is 11.7 Å². The summed E-state index contributed by atoms with van der Waals surface area (Å²) in [6.07, 6.45) is 3.85. The maximum absolute atomic E-state index is 12.6. The molecule has 1 aromatic heterocycles. The molecule has 0 aliphatic carbocycles. The molecule has 0 spiro atoms. The lowest BCUT2D eigenvalue weighted by Gasteiger charge is -2.33. The Hall–Kier alpha value is -0.870. The molecule has 2 rings (SSSR count). The molecule has 0 atom stereocenters. The zero-order valence-corrected chi connectivity index (χ0v) is 11.3. The molecule has 1 saturated heterocycles. The van der Waals surface area contributed by atoms with Gasteiger partial charge >= 0.3 is 0 Å². The largest absolute Gasteiger partial charge is 0.291 e. The van der Waals surface area contributed by atoms with E-state index in [9.17, 15) is 4.79 Å². The van der Waals surface area contributed by atoms with Crippen molar-refractivity contribution in [3.8, 4) is 0 Å². The predicted octanol–water partition coefficient (Wildman–Crippen LogP) is 2.13. The molecule has 0 N–H and O–H groups in total. The van der Waals surface area contributed by atoms with Crippen molar-refractivity contribution < 1.29 is 4.79 Å². The highest BCUT2D eigenvalue weighted by Gasteiger charge is 2.38. The van der Waals surface area contributed by atoms with Crippen LogP contribution >= 0.6 is 11.6 Å². The van der Waals surface area contributed by atoms with Gasteiger partial charge < -0.3 is 0 Å². The van der Waals surface area contributed by atoms with Gasteiger partial charge in [0.25, 0.3) is 0 Å². The predicted molar refractivity (Wildman–Crippen MR) is 67.4 cm³/mol. The van der Waals surface area contributed by atoms with E-state index >= 15 is 0 Å². The monoisotopic (exact) mass is 255 g/mol. The van der Waals surface area contributed by atoms with Crippen LogP contribution in [0, 0.1) is 0 Å². The van der Waals surface area contributed by atoms with Crippen molar-refractivity contribution in [2.24, 2.45) is 7.05 Å². The third kappa shape index (κ3) is 2.11. The molecule has 17 heavy (non-hydrogen) atoms. The highest BCUT2D eigenvalue weighted by molar-refractivity contribution is 6.34. The normalized spacial score (nSPS) is 17.6. The van der Waals surface area contributed by atoms with Crippen LogP contribution in [-0.4, -0.2) is 39.1 Å². The third-order valence-electron chi connectivity index (χ3n) is 3.56. The molecule has 0 unspecified atom stereocenters. The molecule has 1 fully saturated rings. The second kappa shape index (κ2) is 4.42. The highest BCUT2D eigenvalue weighted by atomic mass is 35.5. The molecule has 0 bridgehead atoms. The molecule has 0 amide bonds. The summed E-state index contributed by atoms with van der Waals surface area (Å²) >= 11 is 6.03. The third-order valence-corrected chi connectivity index (χ3v) is 3.84. The molecule has 2 heterocycles. The number of nitrogens with zero attached hydrogens (tertiary/aromatic N) is 3. The smallest absolute Gasteiger partial charge is 0.201 e. The average molecular weight is 256 g/mol. The Labute approximate surface area is 107 Å². The first-order chi connectivity index (χ1) is 7.94. The molecule has 1 aliphatic rings. The van der Waals surface area contributed by atoms with Gasteiger partial charge in [0, 0.05) is 7.05 Å². The zero-order valence-electron chi connectivity index (χ0n) is 10.5. The SMILES string of the molecule is Cn1ncc(Cl)c1C(=O)C(C)(C)N1CCCC1. The summed E-state index contributed by atoms with van der Waals surface area (Å²) < 4.78 is 1.56. The van der Waals surface area contributed by atoms with Crippen LogP contribution in [-0.2, 0) is 7.05 Å². The van der Waals surface area contributed by atoms with E-state index in [-0.39, 0.29) is 5.78 Å². The topological polar surface area (TPSA) is 38.1 Å². The fourth-order valence-corrected chi connectivity index (χ4v) is 2.63. The molecule has 4 nitrogen and oxygen atoms in total. The maximum Gasteiger partial charge on any atom is 0.201 e. The molecular weight excluding hydrogens is 238 g/mol. The number of hydrogen-bond donors (Lipinski definition) is 0. The number of ketones is 1. The van der Waals surface area contributed by atoms with Gasteiger partial charge in [0.15, 0.2) is 0 Å². The minimum absolute atomic E-state index is 0.0457. The number of aromatic nitrogens is 2. The van der Waals surface area contributed by atoms with Crippen molar-refractivity contribution in [2.75, 3.05) is 13.1 Å². The Morgan fingerprint density at radius 1 is 1.41 bits per heavy atom. The first-order valence-corrected chi connectivity index (χ1v) is 6.29. The van der Waals surface area contributed by atoms with Crippen molar-refractivity contribution in [1.82, 2.24) is 14.7 Å². The van der Waals surface area contributed by atoms with Crippen molar-refractivity contribution in [3.05, 3.63) is 16.9 Å². The highest BCUT2D eigenvalue weighted by Crippen LogP contribution is 2.27. The Bertz CT molecular complexity index is 413. The number of aryl methyl sites for hydroxylation is 1. The molecule has 1 aliphatic heterocycles. The Balaban J connectivity index is 2.30. The maximum atomic E-state index is 12.6. The first-order valence-electron chi connectivity index (χ1n) is 5.92. The summed E-state index contributed by atoms with van der Waals surface area (Å²) in [5.74, 6) is 0.0457. The number of Topliss-reactive ketones (excluding diaryl/α,β-unsaturated/α-hetero) is 1. The number of hydrogen-bond acceptors (Lipinski definition) is 3. The van der Waals surface area contributed by atoms with Crippen LogP contribution in [0.25, 0.3) is 0 Å². The zero-order chi connectivity index (χ0) is 12.6. The molecule has 0 radical (unpaired) electrons. The standard InChI is InChI=1S/C12H18ClN3O/c1-12(2,16-6-4-5-7-16)11(17)10-9(13)8-14-15(10)3/h8H,4-7H2,1-3H3. The average Bonchev–Trinajstić information content (AvgIpc) is 2.88. The minimum Gasteiger partial charge on any atom is -0.291 e. The summed E-state index contributed by atoms with van der Waals surface area (Å²) in [5.41, 5.74) is -0.00272. The summed E-state index contributed by atoms with van der Waals surface area (Å²) in [6.45, 7) is 5.89. The van der Waals surface area contributed by atoms with Gasteiger partial charge in [-0.05, 0) is 39.8 Å². The second-order valence-corrected chi connectivity index (χ2v) is 5.45. The molecular formula is C12H18ClN3O. The second-order valence-electron chi connectivity index (χ2n) is 5.05. The van der Waals surface area contributed by atoms with Gasteiger partial charge in [-0.1, -0.05) is 11.6 Å².